The van der Waals surface area contributed by atoms with Gasteiger partial charge in [-0.2, -0.15) is 23.7 Å². The molecule has 0 aliphatic carbocycles. The Kier molecular flexibility index (Phi) is 5.89. The smallest absolute Gasteiger partial charge is 0.379 e. The first-order valence-electron chi connectivity index (χ1n) is 10.4. The molecule has 1 aromatic heterocycles. The van der Waals surface area contributed by atoms with Crippen LogP contribution in [0.1, 0.15) is 30.3 Å². The van der Waals surface area contributed by atoms with Crippen molar-refractivity contribution in [2.75, 3.05) is 29.9 Å². The summed E-state index contributed by atoms with van der Waals surface area (Å²) in [5, 5.41) is 30.8. The Hall–Kier alpha value is -3.74. The summed E-state index contributed by atoms with van der Waals surface area (Å²) in [4.78, 5) is 24.7. The molecule has 2 aromatic rings. The Morgan fingerprint density at radius 1 is 1.21 bits per heavy atom. The van der Waals surface area contributed by atoms with Crippen molar-refractivity contribution < 1.29 is 23.1 Å². The fourth-order valence-electron chi connectivity index (χ4n) is 4.49. The number of aromatic nitrogens is 2. The van der Waals surface area contributed by atoms with Gasteiger partial charge in [-0.15, -0.1) is 0 Å². The molecule has 0 saturated carbocycles. The standard InChI is InChI=1S/C22H20F3N7O2/c1-21(34,20(33)30-14-3-2-13(6-26)18(4-14)22(23,24)25)12-31-10-15-5-16(11-31)32(15)17-8-28-19(7-27)29-9-17/h2-4,8-9,15-16,34H,5,10-12H2,1H3,(H,30,33). The predicted molar refractivity (Wildman–Crippen MR) is 113 cm³/mol. The molecule has 2 bridgehead atoms. The number of nitrogens with one attached hydrogen (secondary N) is 1. The molecular weight excluding hydrogens is 451 g/mol. The van der Waals surface area contributed by atoms with E-state index in [4.69, 9.17) is 10.5 Å². The maximum Gasteiger partial charge on any atom is 0.417 e. The lowest BCUT2D eigenvalue weighted by Crippen LogP contribution is -2.70. The van der Waals surface area contributed by atoms with Crippen molar-refractivity contribution in [2.45, 2.75) is 37.2 Å². The number of rotatable bonds is 5. The Balaban J connectivity index is 1.39. The third-order valence-corrected chi connectivity index (χ3v) is 6.03. The molecule has 3 aliphatic rings. The molecule has 0 spiro atoms. The average Bonchev–Trinajstić information content (AvgIpc) is 2.78. The number of amides is 1. The van der Waals surface area contributed by atoms with Crippen LogP contribution in [0.4, 0.5) is 24.5 Å². The number of hydrogen-bond acceptors (Lipinski definition) is 8. The third-order valence-electron chi connectivity index (χ3n) is 6.03. The van der Waals surface area contributed by atoms with Gasteiger partial charge in [0.25, 0.3) is 5.91 Å². The van der Waals surface area contributed by atoms with E-state index in [9.17, 15) is 23.1 Å². The molecule has 176 valence electrons. The minimum Gasteiger partial charge on any atom is -0.379 e. The second kappa shape index (κ2) is 8.56. The summed E-state index contributed by atoms with van der Waals surface area (Å²) in [6, 6.07) is 6.46. The van der Waals surface area contributed by atoms with Gasteiger partial charge in [0.15, 0.2) is 5.60 Å². The molecule has 3 saturated heterocycles. The van der Waals surface area contributed by atoms with Crippen LogP contribution in [0.2, 0.25) is 0 Å². The first kappa shape index (κ1) is 23.4. The van der Waals surface area contributed by atoms with Gasteiger partial charge in [0.2, 0.25) is 5.82 Å². The van der Waals surface area contributed by atoms with E-state index in [0.29, 0.717) is 19.2 Å². The molecule has 2 N–H and O–H groups in total. The molecule has 3 atom stereocenters. The fraction of sp³-hybridized carbons (Fsp3) is 0.409. The zero-order valence-electron chi connectivity index (χ0n) is 18.0. The number of nitrogens with zero attached hydrogens (tertiary/aromatic N) is 6. The van der Waals surface area contributed by atoms with E-state index in [-0.39, 0.29) is 30.1 Å². The second-order valence-electron chi connectivity index (χ2n) is 8.62. The van der Waals surface area contributed by atoms with E-state index < -0.39 is 28.8 Å². The van der Waals surface area contributed by atoms with E-state index in [1.807, 2.05) is 11.0 Å². The molecule has 34 heavy (non-hydrogen) atoms. The number of halogens is 3. The Morgan fingerprint density at radius 3 is 2.41 bits per heavy atom. The molecule has 9 nitrogen and oxygen atoms in total. The molecule has 1 amide bonds. The van der Waals surface area contributed by atoms with Gasteiger partial charge in [0.1, 0.15) is 6.07 Å². The van der Waals surface area contributed by atoms with E-state index in [1.165, 1.54) is 19.1 Å². The first-order chi connectivity index (χ1) is 16.0. The molecule has 3 aliphatic heterocycles. The van der Waals surface area contributed by atoms with Gasteiger partial charge in [-0.05, 0) is 31.5 Å². The lowest BCUT2D eigenvalue weighted by molar-refractivity contribution is -0.138. The summed E-state index contributed by atoms with van der Waals surface area (Å²) >= 11 is 0. The fourth-order valence-corrected chi connectivity index (χ4v) is 4.49. The molecule has 12 heteroatoms. The number of benzene rings is 1. The minimum atomic E-state index is -4.75. The maximum absolute atomic E-state index is 13.2. The molecule has 5 rings (SSSR count). The van der Waals surface area contributed by atoms with E-state index in [0.717, 1.165) is 18.2 Å². The number of nitriles is 2. The van der Waals surface area contributed by atoms with Crippen molar-refractivity contribution in [3.8, 4) is 12.1 Å². The van der Waals surface area contributed by atoms with Crippen LogP contribution in [0.25, 0.3) is 0 Å². The molecule has 1 aromatic carbocycles. The molecule has 3 unspecified atom stereocenters. The number of aliphatic hydroxyl groups is 1. The highest BCUT2D eigenvalue weighted by Gasteiger charge is 2.47. The lowest BCUT2D eigenvalue weighted by Gasteiger charge is -2.58. The van der Waals surface area contributed by atoms with Gasteiger partial charge >= 0.3 is 6.18 Å². The van der Waals surface area contributed by atoms with Crippen LogP contribution in [0.5, 0.6) is 0 Å². The van der Waals surface area contributed by atoms with Crippen LogP contribution in [0, 0.1) is 22.7 Å². The van der Waals surface area contributed by atoms with Crippen LogP contribution < -0.4 is 10.2 Å². The summed E-state index contributed by atoms with van der Waals surface area (Å²) in [5.74, 6) is -0.760. The number of carbonyl (C=O) groups excluding carboxylic acids is 1. The zero-order chi connectivity index (χ0) is 24.7. The normalized spacial score (nSPS) is 21.6. The highest BCUT2D eigenvalue weighted by molar-refractivity contribution is 5.97. The van der Waals surface area contributed by atoms with Gasteiger partial charge < -0.3 is 15.3 Å². The Labute approximate surface area is 193 Å². The number of carbonyl (C=O) groups is 1. The molecular formula is C22H20F3N7O2. The first-order valence-corrected chi connectivity index (χ1v) is 10.4. The maximum atomic E-state index is 13.2. The number of fused-ring (bicyclic) bond motifs is 2. The lowest BCUT2D eigenvalue weighted by atomic mass is 9.86. The number of anilines is 2. The van der Waals surface area contributed by atoms with E-state index in [1.54, 1.807) is 12.4 Å². The van der Waals surface area contributed by atoms with Gasteiger partial charge in [-0.1, -0.05) is 0 Å². The average molecular weight is 471 g/mol. The van der Waals surface area contributed by atoms with Crippen molar-refractivity contribution in [1.82, 2.24) is 14.9 Å². The summed E-state index contributed by atoms with van der Waals surface area (Å²) in [7, 11) is 0. The van der Waals surface area contributed by atoms with Crippen LogP contribution in [-0.4, -0.2) is 63.2 Å². The SMILES string of the molecule is CC(O)(CN1CC2CC(C1)N2c1cnc(C#N)nc1)C(=O)Nc1ccc(C#N)c(C(F)(F)F)c1. The van der Waals surface area contributed by atoms with Crippen LogP contribution in [0.3, 0.4) is 0 Å². The largest absolute Gasteiger partial charge is 0.417 e. The molecule has 3 fully saturated rings. The summed E-state index contributed by atoms with van der Waals surface area (Å²) in [6.07, 6.45) is -0.640. The number of alkyl halides is 3. The van der Waals surface area contributed by atoms with Gasteiger partial charge in [-0.25, -0.2) is 9.97 Å². The van der Waals surface area contributed by atoms with E-state index in [2.05, 4.69) is 20.2 Å². The zero-order valence-corrected chi connectivity index (χ0v) is 18.0. The quantitative estimate of drug-likeness (QED) is 0.677. The number of hydrogen-bond donors (Lipinski definition) is 2. The van der Waals surface area contributed by atoms with Crippen LogP contribution in [-0.2, 0) is 11.0 Å². The monoisotopic (exact) mass is 471 g/mol. The topological polar surface area (TPSA) is 129 Å². The third kappa shape index (κ3) is 4.51. The van der Waals surface area contributed by atoms with Crippen LogP contribution >= 0.6 is 0 Å². The van der Waals surface area contributed by atoms with E-state index >= 15 is 0 Å². The van der Waals surface area contributed by atoms with Gasteiger partial charge in [0.05, 0.1) is 35.3 Å². The van der Waals surface area contributed by atoms with Crippen molar-refractivity contribution in [3.63, 3.8) is 0 Å². The highest BCUT2D eigenvalue weighted by Crippen LogP contribution is 2.37. The summed E-state index contributed by atoms with van der Waals surface area (Å²) in [5.41, 5.74) is -2.94. The second-order valence-corrected chi connectivity index (χ2v) is 8.62. The van der Waals surface area contributed by atoms with Gasteiger partial charge in [0, 0.05) is 37.4 Å². The number of piperidine rings is 1. The highest BCUT2D eigenvalue weighted by atomic mass is 19.4. The summed E-state index contributed by atoms with van der Waals surface area (Å²) in [6.45, 7) is 2.43. The minimum absolute atomic E-state index is 0.00799. The Bertz CT molecular complexity index is 1170. The molecule has 0 radical (unpaired) electrons. The Morgan fingerprint density at radius 2 is 1.85 bits per heavy atom. The summed E-state index contributed by atoms with van der Waals surface area (Å²) < 4.78 is 39.5. The van der Waals surface area contributed by atoms with Crippen molar-refractivity contribution in [2.24, 2.45) is 0 Å². The van der Waals surface area contributed by atoms with Crippen molar-refractivity contribution in [3.05, 3.63) is 47.5 Å². The van der Waals surface area contributed by atoms with Crippen molar-refractivity contribution >= 4 is 17.3 Å². The molecule has 4 heterocycles. The van der Waals surface area contributed by atoms with Gasteiger partial charge in [-0.3, -0.25) is 9.69 Å². The predicted octanol–water partition coefficient (Wildman–Crippen LogP) is 1.89. The van der Waals surface area contributed by atoms with Crippen LogP contribution in [0.15, 0.2) is 30.6 Å². The number of piperazine rings is 1. The van der Waals surface area contributed by atoms with Crippen molar-refractivity contribution in [1.29, 1.82) is 10.5 Å².